The van der Waals surface area contributed by atoms with Crippen LogP contribution < -0.4 is 0 Å². The molecule has 1 fully saturated rings. The molecule has 1 saturated heterocycles. The van der Waals surface area contributed by atoms with Crippen LogP contribution in [0.3, 0.4) is 0 Å². The Morgan fingerprint density at radius 2 is 1.77 bits per heavy atom. The maximum atomic E-state index is 5.39. The number of piperidine rings is 1. The van der Waals surface area contributed by atoms with Gasteiger partial charge in [-0.2, -0.15) is 0 Å². The molecule has 0 aromatic carbocycles. The molecule has 0 aromatic rings. The lowest BCUT2D eigenvalue weighted by Gasteiger charge is -2.28. The van der Waals surface area contributed by atoms with Gasteiger partial charge in [-0.05, 0) is 45.8 Å². The van der Waals surface area contributed by atoms with Gasteiger partial charge in [0.1, 0.15) is 0 Å². The standard InChI is InChI=1S/C9H19NO.C2H6/c1-3-11-8-9-4-6-10(2)7-5-9;1-2/h9H,3-8H2,1-2H3;1-2H3. The summed E-state index contributed by atoms with van der Waals surface area (Å²) in [4.78, 5) is 2.39. The summed E-state index contributed by atoms with van der Waals surface area (Å²) in [6.45, 7) is 10.4. The van der Waals surface area contributed by atoms with Gasteiger partial charge in [-0.15, -0.1) is 0 Å². The van der Waals surface area contributed by atoms with E-state index in [1.165, 1.54) is 25.9 Å². The smallest absolute Gasteiger partial charge is 0.0495 e. The predicted molar refractivity (Wildman–Crippen MR) is 58.1 cm³/mol. The molecule has 1 rings (SSSR count). The van der Waals surface area contributed by atoms with Crippen LogP contribution in [0.15, 0.2) is 0 Å². The minimum Gasteiger partial charge on any atom is -0.381 e. The topological polar surface area (TPSA) is 12.5 Å². The van der Waals surface area contributed by atoms with E-state index in [2.05, 4.69) is 18.9 Å². The molecule has 1 aliphatic heterocycles. The Kier molecular flexibility index (Phi) is 8.46. The second kappa shape index (κ2) is 8.52. The third kappa shape index (κ3) is 6.05. The van der Waals surface area contributed by atoms with Crippen LogP contribution in [0.25, 0.3) is 0 Å². The lowest BCUT2D eigenvalue weighted by atomic mass is 9.98. The first-order valence-corrected chi connectivity index (χ1v) is 5.59. The molecule has 0 aliphatic carbocycles. The number of hydrogen-bond acceptors (Lipinski definition) is 2. The van der Waals surface area contributed by atoms with E-state index in [0.29, 0.717) is 0 Å². The fraction of sp³-hybridized carbons (Fsp3) is 1.00. The molecule has 2 heteroatoms. The maximum absolute atomic E-state index is 5.39. The van der Waals surface area contributed by atoms with Crippen LogP contribution in [0.1, 0.15) is 33.6 Å². The van der Waals surface area contributed by atoms with E-state index in [4.69, 9.17) is 4.74 Å². The summed E-state index contributed by atoms with van der Waals surface area (Å²) in [5.41, 5.74) is 0. The molecule has 0 amide bonds. The van der Waals surface area contributed by atoms with Gasteiger partial charge in [0.15, 0.2) is 0 Å². The van der Waals surface area contributed by atoms with Gasteiger partial charge in [0, 0.05) is 13.2 Å². The summed E-state index contributed by atoms with van der Waals surface area (Å²) in [6.07, 6.45) is 2.63. The van der Waals surface area contributed by atoms with Gasteiger partial charge in [0.05, 0.1) is 0 Å². The van der Waals surface area contributed by atoms with E-state index < -0.39 is 0 Å². The normalized spacial score (nSPS) is 19.4. The number of hydrogen-bond donors (Lipinski definition) is 0. The lowest BCUT2D eigenvalue weighted by molar-refractivity contribution is 0.0801. The van der Waals surface area contributed by atoms with Gasteiger partial charge in [-0.3, -0.25) is 0 Å². The number of likely N-dealkylation sites (tertiary alicyclic amines) is 1. The molecular formula is C11H25NO. The Labute approximate surface area is 83.3 Å². The summed E-state index contributed by atoms with van der Waals surface area (Å²) in [6, 6.07) is 0. The second-order valence-electron chi connectivity index (χ2n) is 3.41. The van der Waals surface area contributed by atoms with Crippen molar-refractivity contribution < 1.29 is 4.74 Å². The zero-order valence-electron chi connectivity index (χ0n) is 9.68. The monoisotopic (exact) mass is 187 g/mol. The van der Waals surface area contributed by atoms with Gasteiger partial charge in [-0.25, -0.2) is 0 Å². The Bertz CT molecular complexity index is 95.5. The van der Waals surface area contributed by atoms with E-state index >= 15 is 0 Å². The zero-order chi connectivity index (χ0) is 10.1. The SMILES string of the molecule is CC.CCOCC1CCN(C)CC1. The minimum absolute atomic E-state index is 0.825. The molecule has 0 N–H and O–H groups in total. The Hall–Kier alpha value is -0.0800. The van der Waals surface area contributed by atoms with Crippen molar-refractivity contribution >= 4 is 0 Å². The molecule has 2 nitrogen and oxygen atoms in total. The van der Waals surface area contributed by atoms with Crippen molar-refractivity contribution in [2.75, 3.05) is 33.4 Å². The molecule has 0 atom stereocenters. The summed E-state index contributed by atoms with van der Waals surface area (Å²) < 4.78 is 5.39. The van der Waals surface area contributed by atoms with Crippen LogP contribution in [-0.2, 0) is 4.74 Å². The number of rotatable bonds is 3. The second-order valence-corrected chi connectivity index (χ2v) is 3.41. The Balaban J connectivity index is 0.000000671. The van der Waals surface area contributed by atoms with Crippen LogP contribution >= 0.6 is 0 Å². The molecule has 0 saturated carbocycles. The van der Waals surface area contributed by atoms with Crippen molar-refractivity contribution in [1.82, 2.24) is 4.90 Å². The van der Waals surface area contributed by atoms with Crippen LogP contribution in [0.5, 0.6) is 0 Å². The van der Waals surface area contributed by atoms with Crippen molar-refractivity contribution in [1.29, 1.82) is 0 Å². The minimum atomic E-state index is 0.825. The maximum Gasteiger partial charge on any atom is 0.0495 e. The molecule has 0 spiro atoms. The highest BCUT2D eigenvalue weighted by molar-refractivity contribution is 4.69. The van der Waals surface area contributed by atoms with Gasteiger partial charge >= 0.3 is 0 Å². The molecule has 1 heterocycles. The van der Waals surface area contributed by atoms with Crippen LogP contribution in [0.4, 0.5) is 0 Å². The van der Waals surface area contributed by atoms with Gasteiger partial charge in [-0.1, -0.05) is 13.8 Å². The molecule has 0 unspecified atom stereocenters. The first-order chi connectivity index (χ1) is 6.33. The number of nitrogens with zero attached hydrogens (tertiary/aromatic N) is 1. The van der Waals surface area contributed by atoms with E-state index in [1.54, 1.807) is 0 Å². The average Bonchev–Trinajstić information content (AvgIpc) is 2.20. The van der Waals surface area contributed by atoms with Crippen molar-refractivity contribution in [3.8, 4) is 0 Å². The highest BCUT2D eigenvalue weighted by atomic mass is 16.5. The zero-order valence-corrected chi connectivity index (χ0v) is 9.68. The highest BCUT2D eigenvalue weighted by Gasteiger charge is 2.15. The Morgan fingerprint density at radius 1 is 1.23 bits per heavy atom. The average molecular weight is 187 g/mol. The van der Waals surface area contributed by atoms with E-state index in [-0.39, 0.29) is 0 Å². The Morgan fingerprint density at radius 3 is 2.23 bits per heavy atom. The van der Waals surface area contributed by atoms with Crippen molar-refractivity contribution in [3.05, 3.63) is 0 Å². The molecule has 0 bridgehead atoms. The summed E-state index contributed by atoms with van der Waals surface area (Å²) in [5.74, 6) is 0.825. The van der Waals surface area contributed by atoms with Crippen LogP contribution in [0.2, 0.25) is 0 Å². The quantitative estimate of drug-likeness (QED) is 0.672. The summed E-state index contributed by atoms with van der Waals surface area (Å²) >= 11 is 0. The first-order valence-electron chi connectivity index (χ1n) is 5.59. The molecule has 1 aliphatic rings. The van der Waals surface area contributed by atoms with Crippen molar-refractivity contribution in [2.45, 2.75) is 33.6 Å². The molecule has 0 radical (unpaired) electrons. The third-order valence-corrected chi connectivity index (χ3v) is 2.40. The lowest BCUT2D eigenvalue weighted by Crippen LogP contribution is -2.31. The summed E-state index contributed by atoms with van der Waals surface area (Å²) in [5, 5.41) is 0. The van der Waals surface area contributed by atoms with Gasteiger partial charge < -0.3 is 9.64 Å². The van der Waals surface area contributed by atoms with Crippen molar-refractivity contribution in [2.24, 2.45) is 5.92 Å². The van der Waals surface area contributed by atoms with Crippen molar-refractivity contribution in [3.63, 3.8) is 0 Å². The predicted octanol–water partition coefficient (Wildman–Crippen LogP) is 2.39. The molecular weight excluding hydrogens is 162 g/mol. The molecule has 80 valence electrons. The van der Waals surface area contributed by atoms with E-state index in [0.717, 1.165) is 19.1 Å². The van der Waals surface area contributed by atoms with Crippen LogP contribution in [0, 0.1) is 5.92 Å². The molecule has 13 heavy (non-hydrogen) atoms. The summed E-state index contributed by atoms with van der Waals surface area (Å²) in [7, 11) is 2.19. The third-order valence-electron chi connectivity index (χ3n) is 2.40. The fourth-order valence-electron chi connectivity index (χ4n) is 1.51. The largest absolute Gasteiger partial charge is 0.381 e. The van der Waals surface area contributed by atoms with E-state index in [1.807, 2.05) is 13.8 Å². The van der Waals surface area contributed by atoms with E-state index in [9.17, 15) is 0 Å². The van der Waals surface area contributed by atoms with Crippen LogP contribution in [-0.4, -0.2) is 38.3 Å². The highest BCUT2D eigenvalue weighted by Crippen LogP contribution is 2.15. The molecule has 0 aromatic heterocycles. The van der Waals surface area contributed by atoms with Gasteiger partial charge in [0.25, 0.3) is 0 Å². The number of ether oxygens (including phenoxy) is 1. The first kappa shape index (κ1) is 12.9. The fourth-order valence-corrected chi connectivity index (χ4v) is 1.51. The van der Waals surface area contributed by atoms with Gasteiger partial charge in [0.2, 0.25) is 0 Å².